The number of rotatable bonds is 2. The molecule has 0 spiro atoms. The van der Waals surface area contributed by atoms with Crippen LogP contribution in [0.15, 0.2) is 45.8 Å². The molecule has 2 rings (SSSR count). The zero-order valence-corrected chi connectivity index (χ0v) is 9.57. The van der Waals surface area contributed by atoms with E-state index in [1.54, 1.807) is 0 Å². The van der Waals surface area contributed by atoms with Gasteiger partial charge in [-0.25, -0.2) is 4.79 Å². The second-order valence-electron chi connectivity index (χ2n) is 3.99. The molecule has 1 aromatic carbocycles. The number of alkyl halides is 3. The Morgan fingerprint density at radius 1 is 1.16 bits per heavy atom. The van der Waals surface area contributed by atoms with E-state index < -0.39 is 17.4 Å². The molecule has 0 aliphatic carbocycles. The Bertz CT molecular complexity index is 627. The molecule has 0 saturated carbocycles. The molecule has 1 heterocycles. The molecule has 19 heavy (non-hydrogen) atoms. The molecule has 0 radical (unpaired) electrons. The second-order valence-corrected chi connectivity index (χ2v) is 3.99. The van der Waals surface area contributed by atoms with Gasteiger partial charge in [-0.1, -0.05) is 12.1 Å². The molecule has 0 fully saturated rings. The Morgan fingerprint density at radius 2 is 1.79 bits per heavy atom. The van der Waals surface area contributed by atoms with Gasteiger partial charge in [0.1, 0.15) is 12.0 Å². The van der Waals surface area contributed by atoms with Crippen molar-refractivity contribution in [1.29, 1.82) is 0 Å². The maximum Gasteiger partial charge on any atom is 0.419 e. The minimum atomic E-state index is -4.55. The van der Waals surface area contributed by atoms with Gasteiger partial charge in [-0.05, 0) is 23.8 Å². The third-order valence-electron chi connectivity index (χ3n) is 2.54. The van der Waals surface area contributed by atoms with Crippen molar-refractivity contribution in [2.75, 3.05) is 0 Å². The van der Waals surface area contributed by atoms with Crippen molar-refractivity contribution in [3.8, 4) is 5.75 Å². The number of benzene rings is 1. The van der Waals surface area contributed by atoms with Gasteiger partial charge in [0.05, 0.1) is 5.56 Å². The van der Waals surface area contributed by atoms with Gasteiger partial charge in [0.15, 0.2) is 0 Å². The summed E-state index contributed by atoms with van der Waals surface area (Å²) in [6.45, 7) is 0. The lowest BCUT2D eigenvalue weighted by molar-refractivity contribution is -0.138. The highest BCUT2D eigenvalue weighted by molar-refractivity contribution is 5.30. The summed E-state index contributed by atoms with van der Waals surface area (Å²) in [6.07, 6.45) is -4.14. The van der Waals surface area contributed by atoms with Crippen LogP contribution in [0.4, 0.5) is 13.2 Å². The maximum atomic E-state index is 12.5. The normalized spacial score (nSPS) is 11.5. The fourth-order valence-electron chi connectivity index (χ4n) is 1.58. The zero-order valence-electron chi connectivity index (χ0n) is 9.57. The number of phenols is 1. The number of aromatic hydroxyl groups is 1. The van der Waals surface area contributed by atoms with Gasteiger partial charge in [-0.15, -0.1) is 0 Å². The van der Waals surface area contributed by atoms with Gasteiger partial charge in [0.2, 0.25) is 0 Å². The molecule has 100 valence electrons. The Kier molecular flexibility index (Phi) is 3.33. The first-order valence-electron chi connectivity index (χ1n) is 5.33. The Balaban J connectivity index is 2.34. The molecule has 0 bridgehead atoms. The van der Waals surface area contributed by atoms with E-state index in [1.807, 2.05) is 0 Å². The maximum absolute atomic E-state index is 12.5. The van der Waals surface area contributed by atoms with Crippen molar-refractivity contribution in [3.63, 3.8) is 0 Å². The Labute approximate surface area is 105 Å². The van der Waals surface area contributed by atoms with Crippen LogP contribution in [0.1, 0.15) is 16.7 Å². The lowest BCUT2D eigenvalue weighted by Crippen LogP contribution is -2.13. The van der Waals surface area contributed by atoms with Gasteiger partial charge in [0, 0.05) is 12.0 Å². The molecule has 3 nitrogen and oxygen atoms in total. The van der Waals surface area contributed by atoms with Gasteiger partial charge in [0.25, 0.3) is 0 Å². The molecule has 6 heteroatoms. The average Bonchev–Trinajstić information content (AvgIpc) is 2.33. The van der Waals surface area contributed by atoms with Crippen molar-refractivity contribution in [2.24, 2.45) is 0 Å². The first kappa shape index (κ1) is 13.2. The number of hydrogen-bond donors (Lipinski definition) is 1. The standard InChI is InChI=1S/C13H9F3O3/c14-13(15,16)10-6-9(12(18)19-7-10)5-8-1-3-11(17)4-2-8/h1-4,6-7,17H,5H2. The molecule has 1 N–H and O–H groups in total. The van der Waals surface area contributed by atoms with E-state index >= 15 is 0 Å². The summed E-state index contributed by atoms with van der Waals surface area (Å²) >= 11 is 0. The molecule has 1 aromatic heterocycles. The summed E-state index contributed by atoms with van der Waals surface area (Å²) in [5, 5.41) is 9.10. The predicted octanol–water partition coefficient (Wildman–Crippen LogP) is 2.96. The zero-order chi connectivity index (χ0) is 14.0. The van der Waals surface area contributed by atoms with Gasteiger partial charge in [-0.3, -0.25) is 0 Å². The van der Waals surface area contributed by atoms with E-state index in [1.165, 1.54) is 24.3 Å². The van der Waals surface area contributed by atoms with E-state index in [2.05, 4.69) is 4.42 Å². The summed E-state index contributed by atoms with van der Waals surface area (Å²) in [7, 11) is 0. The van der Waals surface area contributed by atoms with E-state index in [-0.39, 0.29) is 17.7 Å². The minimum Gasteiger partial charge on any atom is -0.508 e. The lowest BCUT2D eigenvalue weighted by atomic mass is 10.1. The van der Waals surface area contributed by atoms with Crippen molar-refractivity contribution in [3.05, 3.63) is 63.7 Å². The molecule has 0 unspecified atom stereocenters. The average molecular weight is 270 g/mol. The summed E-state index contributed by atoms with van der Waals surface area (Å²) < 4.78 is 41.9. The monoisotopic (exact) mass is 270 g/mol. The predicted molar refractivity (Wildman–Crippen MR) is 60.9 cm³/mol. The molecule has 2 aromatic rings. The molecule has 0 aliphatic rings. The second kappa shape index (κ2) is 4.79. The first-order chi connectivity index (χ1) is 8.86. The van der Waals surface area contributed by atoms with E-state index in [4.69, 9.17) is 5.11 Å². The quantitative estimate of drug-likeness (QED) is 0.912. The summed E-state index contributed by atoms with van der Waals surface area (Å²) in [6, 6.07) is 6.61. The van der Waals surface area contributed by atoms with Crippen LogP contribution in [-0.2, 0) is 12.6 Å². The minimum absolute atomic E-state index is 0.00648. The first-order valence-corrected chi connectivity index (χ1v) is 5.33. The van der Waals surface area contributed by atoms with Crippen LogP contribution >= 0.6 is 0 Å². The highest BCUT2D eigenvalue weighted by Gasteiger charge is 2.32. The fourth-order valence-corrected chi connectivity index (χ4v) is 1.58. The number of phenolic OH excluding ortho intramolecular Hbond substituents is 1. The summed E-state index contributed by atoms with van der Waals surface area (Å²) in [5.74, 6) is 0.0415. The van der Waals surface area contributed by atoms with Gasteiger partial charge >= 0.3 is 11.8 Å². The van der Waals surface area contributed by atoms with E-state index in [0.717, 1.165) is 6.07 Å². The number of hydrogen-bond acceptors (Lipinski definition) is 3. The van der Waals surface area contributed by atoms with E-state index in [0.29, 0.717) is 11.8 Å². The Morgan fingerprint density at radius 3 is 2.37 bits per heavy atom. The topological polar surface area (TPSA) is 50.4 Å². The molecular weight excluding hydrogens is 261 g/mol. The molecule has 0 atom stereocenters. The van der Waals surface area contributed by atoms with Crippen LogP contribution in [-0.4, -0.2) is 5.11 Å². The fraction of sp³-hybridized carbons (Fsp3) is 0.154. The van der Waals surface area contributed by atoms with Crippen molar-refractivity contribution in [1.82, 2.24) is 0 Å². The third kappa shape index (κ3) is 3.15. The van der Waals surface area contributed by atoms with Crippen LogP contribution in [0, 0.1) is 0 Å². The molecule has 0 saturated heterocycles. The SMILES string of the molecule is O=c1occ(C(F)(F)F)cc1Cc1ccc(O)cc1. The van der Waals surface area contributed by atoms with Crippen molar-refractivity contribution in [2.45, 2.75) is 12.6 Å². The van der Waals surface area contributed by atoms with Crippen molar-refractivity contribution >= 4 is 0 Å². The lowest BCUT2D eigenvalue weighted by Gasteiger charge is -2.07. The van der Waals surface area contributed by atoms with Gasteiger partial charge in [-0.2, -0.15) is 13.2 Å². The van der Waals surface area contributed by atoms with Crippen LogP contribution in [0.25, 0.3) is 0 Å². The van der Waals surface area contributed by atoms with Crippen LogP contribution in [0.5, 0.6) is 5.75 Å². The van der Waals surface area contributed by atoms with Crippen LogP contribution < -0.4 is 5.63 Å². The van der Waals surface area contributed by atoms with Crippen LogP contribution in [0.2, 0.25) is 0 Å². The van der Waals surface area contributed by atoms with Gasteiger partial charge < -0.3 is 9.52 Å². The largest absolute Gasteiger partial charge is 0.508 e. The van der Waals surface area contributed by atoms with Crippen molar-refractivity contribution < 1.29 is 22.7 Å². The summed E-state index contributed by atoms with van der Waals surface area (Å²) in [5.41, 5.74) is -1.29. The molecule has 0 aliphatic heterocycles. The van der Waals surface area contributed by atoms with E-state index in [9.17, 15) is 18.0 Å². The summed E-state index contributed by atoms with van der Waals surface area (Å²) in [4.78, 5) is 11.4. The molecular formula is C13H9F3O3. The highest BCUT2D eigenvalue weighted by atomic mass is 19.4. The Hall–Kier alpha value is -2.24. The highest BCUT2D eigenvalue weighted by Crippen LogP contribution is 2.29. The molecule has 0 amide bonds. The number of halogens is 3. The smallest absolute Gasteiger partial charge is 0.419 e. The third-order valence-corrected chi connectivity index (χ3v) is 2.54. The van der Waals surface area contributed by atoms with Crippen LogP contribution in [0.3, 0.4) is 0 Å².